The van der Waals surface area contributed by atoms with Crippen molar-refractivity contribution in [3.8, 4) is 0 Å². The van der Waals surface area contributed by atoms with Crippen molar-refractivity contribution >= 4 is 47.1 Å². The molecule has 2 aromatic heterocycles. The van der Waals surface area contributed by atoms with Crippen LogP contribution in [0.1, 0.15) is 16.1 Å². The highest BCUT2D eigenvalue weighted by Crippen LogP contribution is 2.14. The maximum atomic E-state index is 4.59. The highest BCUT2D eigenvalue weighted by Gasteiger charge is 2.04. The third-order valence-corrected chi connectivity index (χ3v) is 4.32. The van der Waals surface area contributed by atoms with Crippen molar-refractivity contribution in [2.24, 2.45) is 4.99 Å². The zero-order valence-electron chi connectivity index (χ0n) is 14.0. The number of nitrogens with zero attached hydrogens (tertiary/aromatic N) is 3. The van der Waals surface area contributed by atoms with Crippen LogP contribution in [-0.2, 0) is 13.1 Å². The van der Waals surface area contributed by atoms with Crippen molar-refractivity contribution < 1.29 is 0 Å². The predicted molar refractivity (Wildman–Crippen MR) is 110 cm³/mol. The second-order valence-electron chi connectivity index (χ2n) is 5.19. The highest BCUT2D eigenvalue weighted by molar-refractivity contribution is 14.0. The molecule has 0 saturated carbocycles. The second kappa shape index (κ2) is 9.71. The molecule has 0 unspecified atom stereocenters. The van der Waals surface area contributed by atoms with Gasteiger partial charge in [0.05, 0.1) is 18.8 Å². The number of hydrogen-bond donors (Lipinski definition) is 2. The van der Waals surface area contributed by atoms with Gasteiger partial charge in [-0.3, -0.25) is 4.99 Å². The first-order valence-electron chi connectivity index (χ1n) is 7.21. The van der Waals surface area contributed by atoms with E-state index in [0.29, 0.717) is 6.54 Å². The van der Waals surface area contributed by atoms with Gasteiger partial charge in [0.2, 0.25) is 0 Å². The summed E-state index contributed by atoms with van der Waals surface area (Å²) in [5.41, 5.74) is 2.30. The summed E-state index contributed by atoms with van der Waals surface area (Å²) in [5.74, 6) is 1.74. The Hall–Kier alpha value is -1.35. The maximum absolute atomic E-state index is 4.59. The van der Waals surface area contributed by atoms with Gasteiger partial charge in [-0.25, -0.2) is 4.98 Å². The minimum atomic E-state index is 0. The molecule has 0 saturated heterocycles. The molecule has 23 heavy (non-hydrogen) atoms. The van der Waals surface area contributed by atoms with Gasteiger partial charge >= 0.3 is 0 Å². The molecule has 0 radical (unpaired) electrons. The molecular weight excluding hydrogens is 421 g/mol. The minimum Gasteiger partial charge on any atom is -0.363 e. The van der Waals surface area contributed by atoms with Crippen molar-refractivity contribution in [1.29, 1.82) is 0 Å². The molecule has 0 atom stereocenters. The minimum absolute atomic E-state index is 0. The van der Waals surface area contributed by atoms with E-state index < -0.39 is 0 Å². The van der Waals surface area contributed by atoms with Crippen LogP contribution in [0.15, 0.2) is 34.6 Å². The fourth-order valence-electron chi connectivity index (χ4n) is 1.96. The van der Waals surface area contributed by atoms with Crippen LogP contribution in [0, 0.1) is 6.92 Å². The van der Waals surface area contributed by atoms with Gasteiger partial charge in [0, 0.05) is 26.0 Å². The monoisotopic (exact) mass is 445 g/mol. The lowest BCUT2D eigenvalue weighted by atomic mass is 10.3. The summed E-state index contributed by atoms with van der Waals surface area (Å²) < 4.78 is 0. The molecule has 2 heterocycles. The summed E-state index contributed by atoms with van der Waals surface area (Å²) in [5, 5.41) is 8.74. The number of aliphatic imine (C=N–C) groups is 1. The van der Waals surface area contributed by atoms with E-state index in [1.54, 1.807) is 18.4 Å². The van der Waals surface area contributed by atoms with Crippen LogP contribution in [0.4, 0.5) is 5.82 Å². The molecule has 2 N–H and O–H groups in total. The molecule has 0 aliphatic rings. The van der Waals surface area contributed by atoms with Crippen LogP contribution in [0.5, 0.6) is 0 Å². The number of aromatic nitrogens is 1. The summed E-state index contributed by atoms with van der Waals surface area (Å²) in [4.78, 5) is 12.2. The van der Waals surface area contributed by atoms with Gasteiger partial charge in [0.1, 0.15) is 5.82 Å². The van der Waals surface area contributed by atoms with Crippen LogP contribution in [0.3, 0.4) is 0 Å². The molecule has 0 aromatic carbocycles. The number of thiophene rings is 1. The fourth-order valence-corrected chi connectivity index (χ4v) is 2.80. The standard InChI is InChI=1S/C16H23N5S.HI/c1-12-8-9-22-14(12)11-19-16(17-2)18-10-13-6-5-7-15(20-13)21(3)4;/h5-9H,10-11H2,1-4H3,(H2,17,18,19);1H. The van der Waals surface area contributed by atoms with Crippen LogP contribution in [0.2, 0.25) is 0 Å². The first-order valence-corrected chi connectivity index (χ1v) is 8.09. The molecule has 7 heteroatoms. The number of anilines is 1. The lowest BCUT2D eigenvalue weighted by Gasteiger charge is -2.14. The van der Waals surface area contributed by atoms with Crippen molar-refractivity contribution in [2.75, 3.05) is 26.0 Å². The number of pyridine rings is 1. The molecule has 0 aliphatic heterocycles. The molecule has 5 nitrogen and oxygen atoms in total. The predicted octanol–water partition coefficient (Wildman–Crippen LogP) is 3.00. The number of aryl methyl sites for hydroxylation is 1. The van der Waals surface area contributed by atoms with Gasteiger partial charge < -0.3 is 15.5 Å². The van der Waals surface area contributed by atoms with E-state index in [0.717, 1.165) is 24.0 Å². The molecular formula is C16H24IN5S. The van der Waals surface area contributed by atoms with Gasteiger partial charge in [-0.2, -0.15) is 0 Å². The van der Waals surface area contributed by atoms with E-state index in [4.69, 9.17) is 0 Å². The topological polar surface area (TPSA) is 52.6 Å². The normalized spacial score (nSPS) is 10.9. The van der Waals surface area contributed by atoms with E-state index >= 15 is 0 Å². The Labute approximate surface area is 159 Å². The van der Waals surface area contributed by atoms with E-state index in [9.17, 15) is 0 Å². The maximum Gasteiger partial charge on any atom is 0.191 e. The lowest BCUT2D eigenvalue weighted by Crippen LogP contribution is -2.36. The smallest absolute Gasteiger partial charge is 0.191 e. The zero-order valence-corrected chi connectivity index (χ0v) is 17.1. The fraction of sp³-hybridized carbons (Fsp3) is 0.375. The molecule has 2 rings (SSSR count). The summed E-state index contributed by atoms with van der Waals surface area (Å²) >= 11 is 1.76. The Morgan fingerprint density at radius 3 is 2.57 bits per heavy atom. The number of nitrogens with one attached hydrogen (secondary N) is 2. The van der Waals surface area contributed by atoms with Crippen molar-refractivity contribution in [3.05, 3.63) is 45.8 Å². The van der Waals surface area contributed by atoms with Gasteiger partial charge in [0.15, 0.2) is 5.96 Å². The van der Waals surface area contributed by atoms with Crippen LogP contribution >= 0.6 is 35.3 Å². The average molecular weight is 445 g/mol. The zero-order chi connectivity index (χ0) is 15.9. The summed E-state index contributed by atoms with van der Waals surface area (Å²) in [6.07, 6.45) is 0. The summed E-state index contributed by atoms with van der Waals surface area (Å²) in [6.45, 7) is 3.56. The van der Waals surface area contributed by atoms with Gasteiger partial charge in [-0.15, -0.1) is 35.3 Å². The molecule has 0 bridgehead atoms. The molecule has 0 spiro atoms. The van der Waals surface area contributed by atoms with E-state index in [1.807, 2.05) is 37.2 Å². The van der Waals surface area contributed by atoms with Crippen molar-refractivity contribution in [3.63, 3.8) is 0 Å². The third kappa shape index (κ3) is 5.98. The Morgan fingerprint density at radius 1 is 1.22 bits per heavy atom. The molecule has 126 valence electrons. The SMILES string of the molecule is CN=C(NCc1cccc(N(C)C)n1)NCc1sccc1C.I. The van der Waals surface area contributed by atoms with Crippen LogP contribution < -0.4 is 15.5 Å². The third-order valence-electron chi connectivity index (χ3n) is 3.30. The Bertz CT molecular complexity index is 639. The van der Waals surface area contributed by atoms with E-state index in [2.05, 4.69) is 39.0 Å². The Balaban J connectivity index is 0.00000264. The second-order valence-corrected chi connectivity index (χ2v) is 6.19. The summed E-state index contributed by atoms with van der Waals surface area (Å²) in [6, 6.07) is 8.16. The molecule has 2 aromatic rings. The highest BCUT2D eigenvalue weighted by atomic mass is 127. The van der Waals surface area contributed by atoms with E-state index in [1.165, 1.54) is 10.4 Å². The summed E-state index contributed by atoms with van der Waals surface area (Å²) in [7, 11) is 5.76. The first-order chi connectivity index (χ1) is 10.6. The van der Waals surface area contributed by atoms with E-state index in [-0.39, 0.29) is 24.0 Å². The van der Waals surface area contributed by atoms with Gasteiger partial charge in [0.25, 0.3) is 0 Å². The van der Waals surface area contributed by atoms with Crippen LogP contribution in [0.25, 0.3) is 0 Å². The number of rotatable bonds is 5. The molecule has 0 aliphatic carbocycles. The lowest BCUT2D eigenvalue weighted by molar-refractivity contribution is 0.796. The van der Waals surface area contributed by atoms with Gasteiger partial charge in [-0.05, 0) is 36.1 Å². The van der Waals surface area contributed by atoms with Crippen molar-refractivity contribution in [2.45, 2.75) is 20.0 Å². The number of hydrogen-bond acceptors (Lipinski definition) is 4. The van der Waals surface area contributed by atoms with Crippen molar-refractivity contribution in [1.82, 2.24) is 15.6 Å². The Kier molecular flexibility index (Phi) is 8.32. The first kappa shape index (κ1) is 19.7. The molecule has 0 fully saturated rings. The number of halogens is 1. The molecule has 0 amide bonds. The van der Waals surface area contributed by atoms with Gasteiger partial charge in [-0.1, -0.05) is 6.07 Å². The average Bonchev–Trinajstić information content (AvgIpc) is 2.93. The van der Waals surface area contributed by atoms with Crippen LogP contribution in [-0.4, -0.2) is 32.1 Å². The number of guanidine groups is 1. The quantitative estimate of drug-likeness (QED) is 0.422. The Morgan fingerprint density at radius 2 is 1.96 bits per heavy atom. The largest absolute Gasteiger partial charge is 0.363 e.